The number of aromatic nitrogens is 4. The van der Waals surface area contributed by atoms with Crippen molar-refractivity contribution in [2.45, 2.75) is 31.3 Å². The van der Waals surface area contributed by atoms with E-state index < -0.39 is 5.91 Å². The monoisotopic (exact) mass is 407 g/mol. The van der Waals surface area contributed by atoms with E-state index in [1.807, 2.05) is 29.1 Å². The van der Waals surface area contributed by atoms with Gasteiger partial charge in [-0.3, -0.25) is 9.48 Å². The van der Waals surface area contributed by atoms with Crippen LogP contribution in [0.3, 0.4) is 0 Å². The molecule has 1 aromatic carbocycles. The molecule has 30 heavy (non-hydrogen) atoms. The van der Waals surface area contributed by atoms with Crippen LogP contribution in [-0.2, 0) is 0 Å². The van der Waals surface area contributed by atoms with Crippen molar-refractivity contribution in [1.82, 2.24) is 25.1 Å². The van der Waals surface area contributed by atoms with E-state index in [0.717, 1.165) is 30.7 Å². The summed E-state index contributed by atoms with van der Waals surface area (Å²) in [6, 6.07) is 8.20. The Morgan fingerprint density at radius 1 is 1.33 bits per heavy atom. The van der Waals surface area contributed by atoms with Crippen LogP contribution < -0.4 is 21.1 Å². The SMILES string of the molecule is COc1cccc(C(C2CCCCN2)n2cc(NC(=O)c3nccnc3N)cn2)c1. The van der Waals surface area contributed by atoms with E-state index in [0.29, 0.717) is 5.69 Å². The number of rotatable bonds is 6. The Morgan fingerprint density at radius 3 is 2.97 bits per heavy atom. The lowest BCUT2D eigenvalue weighted by Gasteiger charge is -2.32. The molecule has 0 aliphatic carbocycles. The van der Waals surface area contributed by atoms with Gasteiger partial charge in [0.05, 0.1) is 25.0 Å². The molecule has 2 unspecified atom stereocenters. The highest BCUT2D eigenvalue weighted by Gasteiger charge is 2.27. The van der Waals surface area contributed by atoms with E-state index in [9.17, 15) is 4.79 Å². The Hall–Kier alpha value is -3.46. The summed E-state index contributed by atoms with van der Waals surface area (Å²) in [5.74, 6) is 0.462. The number of nitrogen functional groups attached to an aromatic ring is 1. The second kappa shape index (κ2) is 8.91. The molecule has 1 aliphatic heterocycles. The second-order valence-corrected chi connectivity index (χ2v) is 7.23. The molecule has 4 N–H and O–H groups in total. The van der Waals surface area contributed by atoms with E-state index in [-0.39, 0.29) is 23.6 Å². The van der Waals surface area contributed by atoms with Crippen molar-refractivity contribution in [3.05, 3.63) is 60.3 Å². The lowest BCUT2D eigenvalue weighted by Crippen LogP contribution is -2.41. The Labute approximate surface area is 174 Å². The van der Waals surface area contributed by atoms with Crippen LogP contribution in [0, 0.1) is 0 Å². The van der Waals surface area contributed by atoms with Crippen molar-refractivity contribution in [3.63, 3.8) is 0 Å². The van der Waals surface area contributed by atoms with Crippen LogP contribution in [0.4, 0.5) is 11.5 Å². The van der Waals surface area contributed by atoms with E-state index in [1.54, 1.807) is 13.3 Å². The second-order valence-electron chi connectivity index (χ2n) is 7.23. The predicted molar refractivity (Wildman–Crippen MR) is 113 cm³/mol. The zero-order chi connectivity index (χ0) is 20.9. The molecule has 0 radical (unpaired) electrons. The standard InChI is InChI=1S/C21H25N7O2/c1-30-16-6-4-5-14(11-16)19(17-7-2-3-8-23-17)28-13-15(12-26-28)27-21(29)18-20(22)25-10-9-24-18/h4-6,9-13,17,19,23H,2-3,7-8H2,1H3,(H2,22,25)(H,27,29). The van der Waals surface area contributed by atoms with Crippen LogP contribution in [0.15, 0.2) is 49.1 Å². The van der Waals surface area contributed by atoms with Crippen molar-refractivity contribution in [2.75, 3.05) is 24.7 Å². The molecule has 1 amide bonds. The minimum atomic E-state index is -0.422. The number of hydrogen-bond acceptors (Lipinski definition) is 7. The van der Waals surface area contributed by atoms with Crippen molar-refractivity contribution < 1.29 is 9.53 Å². The van der Waals surface area contributed by atoms with Gasteiger partial charge in [-0.05, 0) is 37.1 Å². The average Bonchev–Trinajstić information content (AvgIpc) is 3.23. The maximum Gasteiger partial charge on any atom is 0.278 e. The minimum Gasteiger partial charge on any atom is -0.497 e. The van der Waals surface area contributed by atoms with Crippen LogP contribution >= 0.6 is 0 Å². The van der Waals surface area contributed by atoms with Crippen molar-refractivity contribution in [2.24, 2.45) is 0 Å². The molecule has 0 spiro atoms. The first-order valence-electron chi connectivity index (χ1n) is 9.95. The van der Waals surface area contributed by atoms with Gasteiger partial charge in [0.25, 0.3) is 5.91 Å². The molecule has 1 saturated heterocycles. The number of carbonyl (C=O) groups is 1. The van der Waals surface area contributed by atoms with E-state index in [2.05, 4.69) is 31.8 Å². The quantitative estimate of drug-likeness (QED) is 0.573. The molecule has 3 aromatic rings. The van der Waals surface area contributed by atoms with E-state index in [1.165, 1.54) is 18.8 Å². The van der Waals surface area contributed by atoms with Gasteiger partial charge in [-0.15, -0.1) is 0 Å². The molecule has 0 bridgehead atoms. The summed E-state index contributed by atoms with van der Waals surface area (Å²) in [5, 5.41) is 11.0. The molecule has 1 aliphatic rings. The lowest BCUT2D eigenvalue weighted by molar-refractivity contribution is 0.102. The Bertz CT molecular complexity index is 1010. The number of hydrogen-bond donors (Lipinski definition) is 3. The summed E-state index contributed by atoms with van der Waals surface area (Å²) in [6.45, 7) is 0.974. The lowest BCUT2D eigenvalue weighted by atomic mass is 9.92. The third-order valence-electron chi connectivity index (χ3n) is 5.25. The summed E-state index contributed by atoms with van der Waals surface area (Å²) < 4.78 is 7.30. The molecule has 0 saturated carbocycles. The highest BCUT2D eigenvalue weighted by Crippen LogP contribution is 2.29. The number of anilines is 2. The summed E-state index contributed by atoms with van der Waals surface area (Å²) in [4.78, 5) is 20.4. The topological polar surface area (TPSA) is 120 Å². The van der Waals surface area contributed by atoms with Crippen molar-refractivity contribution in [3.8, 4) is 5.75 Å². The first kappa shape index (κ1) is 19.8. The summed E-state index contributed by atoms with van der Waals surface area (Å²) in [5.41, 5.74) is 7.49. The molecule has 2 aromatic heterocycles. The summed E-state index contributed by atoms with van der Waals surface area (Å²) >= 11 is 0. The molecule has 9 heteroatoms. The normalized spacial score (nSPS) is 17.3. The molecule has 3 heterocycles. The van der Waals surface area contributed by atoms with Crippen LogP contribution in [0.25, 0.3) is 0 Å². The van der Waals surface area contributed by atoms with Gasteiger partial charge in [0.15, 0.2) is 11.5 Å². The number of methoxy groups -OCH3 is 1. The minimum absolute atomic E-state index is 0.0346. The highest BCUT2D eigenvalue weighted by molar-refractivity contribution is 6.05. The first-order chi connectivity index (χ1) is 14.7. The summed E-state index contributed by atoms with van der Waals surface area (Å²) in [6.07, 6.45) is 9.70. The number of ether oxygens (including phenoxy) is 1. The van der Waals surface area contributed by atoms with Gasteiger partial charge in [-0.25, -0.2) is 9.97 Å². The van der Waals surface area contributed by atoms with E-state index in [4.69, 9.17) is 10.5 Å². The number of nitrogens with two attached hydrogens (primary N) is 1. The molecular formula is C21H25N7O2. The fourth-order valence-electron chi connectivity index (χ4n) is 3.81. The number of benzene rings is 1. The Morgan fingerprint density at radius 2 is 2.20 bits per heavy atom. The molecular weight excluding hydrogens is 382 g/mol. The zero-order valence-corrected chi connectivity index (χ0v) is 16.8. The van der Waals surface area contributed by atoms with Gasteiger partial charge in [0.1, 0.15) is 5.75 Å². The first-order valence-corrected chi connectivity index (χ1v) is 9.95. The Balaban J connectivity index is 1.61. The van der Waals surface area contributed by atoms with Gasteiger partial charge in [0.2, 0.25) is 0 Å². The van der Waals surface area contributed by atoms with Crippen LogP contribution in [0.2, 0.25) is 0 Å². The van der Waals surface area contributed by atoms with Crippen LogP contribution in [-0.4, -0.2) is 45.4 Å². The zero-order valence-electron chi connectivity index (χ0n) is 16.8. The number of nitrogens with zero attached hydrogens (tertiary/aromatic N) is 4. The largest absolute Gasteiger partial charge is 0.497 e. The number of piperidine rings is 1. The Kier molecular flexibility index (Phi) is 5.89. The predicted octanol–water partition coefficient (Wildman–Crippen LogP) is 2.25. The van der Waals surface area contributed by atoms with Gasteiger partial charge >= 0.3 is 0 Å². The van der Waals surface area contributed by atoms with Gasteiger partial charge in [0, 0.05) is 24.6 Å². The molecule has 4 rings (SSSR count). The van der Waals surface area contributed by atoms with Gasteiger partial charge < -0.3 is 21.1 Å². The van der Waals surface area contributed by atoms with Gasteiger partial charge in [-0.2, -0.15) is 5.10 Å². The van der Waals surface area contributed by atoms with Crippen molar-refractivity contribution in [1.29, 1.82) is 0 Å². The van der Waals surface area contributed by atoms with Gasteiger partial charge in [-0.1, -0.05) is 18.6 Å². The maximum atomic E-state index is 12.5. The molecule has 156 valence electrons. The average molecular weight is 407 g/mol. The highest BCUT2D eigenvalue weighted by atomic mass is 16.5. The molecule has 1 fully saturated rings. The fourth-order valence-corrected chi connectivity index (χ4v) is 3.81. The third kappa shape index (κ3) is 4.25. The maximum absolute atomic E-state index is 12.5. The summed E-state index contributed by atoms with van der Waals surface area (Å²) in [7, 11) is 1.66. The van der Waals surface area contributed by atoms with Crippen LogP contribution in [0.5, 0.6) is 5.75 Å². The van der Waals surface area contributed by atoms with E-state index >= 15 is 0 Å². The number of nitrogens with one attached hydrogen (secondary N) is 2. The number of carbonyl (C=O) groups excluding carboxylic acids is 1. The third-order valence-corrected chi connectivity index (χ3v) is 5.25. The van der Waals surface area contributed by atoms with Crippen molar-refractivity contribution >= 4 is 17.4 Å². The molecule has 9 nitrogen and oxygen atoms in total. The molecule has 2 atom stereocenters. The fraction of sp³-hybridized carbons (Fsp3) is 0.333. The van der Waals surface area contributed by atoms with Crippen LogP contribution in [0.1, 0.15) is 41.4 Å². The number of amides is 1. The smallest absolute Gasteiger partial charge is 0.278 e.